The van der Waals surface area contributed by atoms with Gasteiger partial charge in [-0.25, -0.2) is 8.42 Å². The summed E-state index contributed by atoms with van der Waals surface area (Å²) in [5, 5.41) is 0.883. The molecule has 0 bridgehead atoms. The fourth-order valence-corrected chi connectivity index (χ4v) is 3.51. The van der Waals surface area contributed by atoms with Gasteiger partial charge in [0.25, 0.3) is 0 Å². The van der Waals surface area contributed by atoms with E-state index in [0.717, 1.165) is 10.9 Å². The number of pyridine rings is 1. The summed E-state index contributed by atoms with van der Waals surface area (Å²) in [6.07, 6.45) is 1.70. The Morgan fingerprint density at radius 1 is 1.09 bits per heavy atom. The maximum absolute atomic E-state index is 12.3. The summed E-state index contributed by atoms with van der Waals surface area (Å²) in [6, 6.07) is 16.0. The molecule has 118 valence electrons. The molecular weight excluding hydrogens is 312 g/mol. The number of anilines is 1. The third-order valence-corrected chi connectivity index (χ3v) is 4.63. The Balaban J connectivity index is 1.81. The fourth-order valence-electron chi connectivity index (χ4n) is 2.34. The largest absolute Gasteiger partial charge is 0.497 e. The molecule has 0 atom stereocenters. The number of benzene rings is 2. The smallest absolute Gasteiger partial charge is 0.236 e. The highest BCUT2D eigenvalue weighted by Crippen LogP contribution is 2.20. The topological polar surface area (TPSA) is 68.3 Å². The molecule has 6 heteroatoms. The van der Waals surface area contributed by atoms with Crippen molar-refractivity contribution in [3.63, 3.8) is 0 Å². The molecule has 1 heterocycles. The summed E-state index contributed by atoms with van der Waals surface area (Å²) >= 11 is 0. The second kappa shape index (κ2) is 6.26. The lowest BCUT2D eigenvalue weighted by molar-refractivity contribution is 0.414. The summed E-state index contributed by atoms with van der Waals surface area (Å²) in [5.41, 5.74) is 2.01. The van der Waals surface area contributed by atoms with Gasteiger partial charge in [0, 0.05) is 17.3 Å². The van der Waals surface area contributed by atoms with Crippen molar-refractivity contribution in [2.75, 3.05) is 11.8 Å². The van der Waals surface area contributed by atoms with Crippen LogP contribution in [0.2, 0.25) is 0 Å². The number of nitrogens with zero attached hydrogens (tertiary/aromatic N) is 1. The van der Waals surface area contributed by atoms with Crippen LogP contribution in [0.25, 0.3) is 10.9 Å². The van der Waals surface area contributed by atoms with Gasteiger partial charge in [0.05, 0.1) is 18.4 Å². The predicted octanol–water partition coefficient (Wildman–Crippen LogP) is 3.19. The van der Waals surface area contributed by atoms with Gasteiger partial charge in [0.15, 0.2) is 0 Å². The van der Waals surface area contributed by atoms with Crippen molar-refractivity contribution in [2.24, 2.45) is 0 Å². The summed E-state index contributed by atoms with van der Waals surface area (Å²) in [4.78, 5) is 4.21. The van der Waals surface area contributed by atoms with E-state index >= 15 is 0 Å². The quantitative estimate of drug-likeness (QED) is 0.781. The van der Waals surface area contributed by atoms with Crippen LogP contribution in [0.5, 0.6) is 5.75 Å². The number of rotatable bonds is 5. The number of hydrogen-bond acceptors (Lipinski definition) is 4. The molecule has 0 saturated heterocycles. The molecule has 0 spiro atoms. The Bertz CT molecular complexity index is 939. The molecule has 0 fully saturated rings. The Morgan fingerprint density at radius 2 is 1.96 bits per heavy atom. The Kier molecular flexibility index (Phi) is 4.16. The van der Waals surface area contributed by atoms with Crippen LogP contribution in [0, 0.1) is 0 Å². The summed E-state index contributed by atoms with van der Waals surface area (Å²) in [5.74, 6) is 0.518. The third kappa shape index (κ3) is 3.78. The molecule has 3 aromatic rings. The van der Waals surface area contributed by atoms with E-state index < -0.39 is 10.0 Å². The highest BCUT2D eigenvalue weighted by molar-refractivity contribution is 7.91. The van der Waals surface area contributed by atoms with Crippen LogP contribution in [0.1, 0.15) is 5.56 Å². The van der Waals surface area contributed by atoms with Crippen LogP contribution in [0.15, 0.2) is 60.8 Å². The maximum Gasteiger partial charge on any atom is 0.236 e. The van der Waals surface area contributed by atoms with Gasteiger partial charge in [-0.05, 0) is 42.0 Å². The minimum absolute atomic E-state index is 0.116. The van der Waals surface area contributed by atoms with Gasteiger partial charge in [-0.2, -0.15) is 0 Å². The minimum Gasteiger partial charge on any atom is -0.497 e. The summed E-state index contributed by atoms with van der Waals surface area (Å²) < 4.78 is 32.4. The number of sulfonamides is 1. The zero-order chi connectivity index (χ0) is 16.3. The minimum atomic E-state index is -3.51. The van der Waals surface area contributed by atoms with Crippen molar-refractivity contribution < 1.29 is 13.2 Å². The molecule has 0 unspecified atom stereocenters. The Labute approximate surface area is 135 Å². The van der Waals surface area contributed by atoms with Gasteiger partial charge in [0.2, 0.25) is 10.0 Å². The highest BCUT2D eigenvalue weighted by atomic mass is 32.2. The standard InChI is InChI=1S/C17H16N2O3S/c1-22-16-6-2-4-13(10-16)12-23(20,21)19-15-7-8-17-14(11-15)5-3-9-18-17/h2-11,19H,12H2,1H3. The van der Waals surface area contributed by atoms with Crippen molar-refractivity contribution in [1.82, 2.24) is 4.98 Å². The first-order chi connectivity index (χ1) is 11.1. The van der Waals surface area contributed by atoms with E-state index in [1.807, 2.05) is 12.1 Å². The molecule has 3 rings (SSSR count). The number of aromatic nitrogens is 1. The molecule has 0 amide bonds. The summed E-state index contributed by atoms with van der Waals surface area (Å²) in [6.45, 7) is 0. The molecule has 0 aliphatic heterocycles. The van der Waals surface area contributed by atoms with E-state index in [0.29, 0.717) is 17.0 Å². The lowest BCUT2D eigenvalue weighted by Gasteiger charge is -2.09. The van der Waals surface area contributed by atoms with Crippen LogP contribution >= 0.6 is 0 Å². The van der Waals surface area contributed by atoms with Crippen LogP contribution in [-0.4, -0.2) is 20.5 Å². The van der Waals surface area contributed by atoms with Crippen molar-refractivity contribution in [3.8, 4) is 5.75 Å². The first-order valence-electron chi connectivity index (χ1n) is 7.04. The van der Waals surface area contributed by atoms with E-state index in [1.165, 1.54) is 0 Å². The number of ether oxygens (including phenoxy) is 1. The second-order valence-corrected chi connectivity index (χ2v) is 6.85. The SMILES string of the molecule is COc1cccc(CS(=O)(=O)Nc2ccc3ncccc3c2)c1. The monoisotopic (exact) mass is 328 g/mol. The third-order valence-electron chi connectivity index (χ3n) is 3.37. The van der Waals surface area contributed by atoms with E-state index in [1.54, 1.807) is 55.8 Å². The molecule has 0 radical (unpaired) electrons. The lowest BCUT2D eigenvalue weighted by Crippen LogP contribution is -2.15. The molecular formula is C17H16N2O3S. The first-order valence-corrected chi connectivity index (χ1v) is 8.69. The molecule has 23 heavy (non-hydrogen) atoms. The van der Waals surface area contributed by atoms with E-state index in [4.69, 9.17) is 4.74 Å². The number of methoxy groups -OCH3 is 1. The molecule has 0 saturated carbocycles. The van der Waals surface area contributed by atoms with Crippen molar-refractivity contribution in [2.45, 2.75) is 5.75 Å². The zero-order valence-corrected chi connectivity index (χ0v) is 13.4. The van der Waals surface area contributed by atoms with Gasteiger partial charge < -0.3 is 4.74 Å². The van der Waals surface area contributed by atoms with Crippen molar-refractivity contribution in [1.29, 1.82) is 0 Å². The van der Waals surface area contributed by atoms with Gasteiger partial charge in [-0.15, -0.1) is 0 Å². The Hall–Kier alpha value is -2.60. The van der Waals surface area contributed by atoms with Crippen LogP contribution in [-0.2, 0) is 15.8 Å². The highest BCUT2D eigenvalue weighted by Gasteiger charge is 2.12. The van der Waals surface area contributed by atoms with Gasteiger partial charge >= 0.3 is 0 Å². The van der Waals surface area contributed by atoms with Crippen LogP contribution in [0.4, 0.5) is 5.69 Å². The van der Waals surface area contributed by atoms with Crippen molar-refractivity contribution in [3.05, 3.63) is 66.4 Å². The van der Waals surface area contributed by atoms with Gasteiger partial charge in [-0.3, -0.25) is 9.71 Å². The average molecular weight is 328 g/mol. The zero-order valence-electron chi connectivity index (χ0n) is 12.6. The molecule has 0 aliphatic rings. The van der Waals surface area contributed by atoms with E-state index in [2.05, 4.69) is 9.71 Å². The van der Waals surface area contributed by atoms with Gasteiger partial charge in [-0.1, -0.05) is 18.2 Å². The molecule has 1 N–H and O–H groups in total. The molecule has 0 aliphatic carbocycles. The van der Waals surface area contributed by atoms with Crippen LogP contribution < -0.4 is 9.46 Å². The number of nitrogens with one attached hydrogen (secondary N) is 1. The predicted molar refractivity (Wildman–Crippen MR) is 91.0 cm³/mol. The van der Waals surface area contributed by atoms with E-state index in [9.17, 15) is 8.42 Å². The second-order valence-electron chi connectivity index (χ2n) is 5.12. The number of fused-ring (bicyclic) bond motifs is 1. The number of hydrogen-bond donors (Lipinski definition) is 1. The van der Waals surface area contributed by atoms with Crippen molar-refractivity contribution >= 4 is 26.6 Å². The normalized spacial score (nSPS) is 11.3. The fraction of sp³-hybridized carbons (Fsp3) is 0.118. The molecule has 2 aromatic carbocycles. The molecule has 1 aromatic heterocycles. The average Bonchev–Trinajstić information content (AvgIpc) is 2.54. The van der Waals surface area contributed by atoms with Gasteiger partial charge in [0.1, 0.15) is 5.75 Å². The lowest BCUT2D eigenvalue weighted by atomic mass is 10.2. The first kappa shape index (κ1) is 15.3. The molecule has 5 nitrogen and oxygen atoms in total. The Morgan fingerprint density at radius 3 is 2.78 bits per heavy atom. The maximum atomic E-state index is 12.3. The van der Waals surface area contributed by atoms with E-state index in [-0.39, 0.29) is 5.75 Å². The van der Waals surface area contributed by atoms with Crippen LogP contribution in [0.3, 0.4) is 0 Å². The summed E-state index contributed by atoms with van der Waals surface area (Å²) in [7, 11) is -1.96.